The standard InChI is InChI=1S/C19H18ClF3O4/c1-9-7-10(2)15(18(25)27-4)16(14(9)17(24)26-3)11-5-6-13(20)12(8-11)19(21,22)23/h5-8,14,16H,1-4H3. The van der Waals surface area contributed by atoms with Crippen LogP contribution in [0, 0.1) is 5.92 Å². The van der Waals surface area contributed by atoms with Crippen LogP contribution in [-0.4, -0.2) is 26.2 Å². The van der Waals surface area contributed by atoms with Crippen LogP contribution in [0.2, 0.25) is 5.02 Å². The van der Waals surface area contributed by atoms with Crippen LogP contribution in [0.25, 0.3) is 0 Å². The number of allylic oxidation sites excluding steroid dienone is 2. The summed E-state index contributed by atoms with van der Waals surface area (Å²) >= 11 is 5.70. The van der Waals surface area contributed by atoms with Gasteiger partial charge in [-0.2, -0.15) is 13.2 Å². The van der Waals surface area contributed by atoms with E-state index < -0.39 is 40.5 Å². The number of rotatable bonds is 3. The molecule has 0 aromatic heterocycles. The first kappa shape index (κ1) is 21.0. The van der Waals surface area contributed by atoms with Gasteiger partial charge in [-0.05, 0) is 37.1 Å². The fourth-order valence-corrected chi connectivity index (χ4v) is 3.57. The number of benzene rings is 1. The van der Waals surface area contributed by atoms with Gasteiger partial charge in [0.15, 0.2) is 0 Å². The number of carbonyl (C=O) groups is 2. The number of halogens is 4. The van der Waals surface area contributed by atoms with Crippen molar-refractivity contribution in [3.05, 3.63) is 57.1 Å². The van der Waals surface area contributed by atoms with Crippen LogP contribution in [0.15, 0.2) is 41.0 Å². The summed E-state index contributed by atoms with van der Waals surface area (Å²) in [5.74, 6) is -3.34. The van der Waals surface area contributed by atoms with Crippen LogP contribution in [-0.2, 0) is 25.2 Å². The second kappa shape index (κ2) is 7.76. The molecule has 8 heteroatoms. The van der Waals surface area contributed by atoms with Crippen molar-refractivity contribution in [2.24, 2.45) is 5.92 Å². The van der Waals surface area contributed by atoms with Crippen molar-refractivity contribution in [1.82, 2.24) is 0 Å². The Hall–Kier alpha value is -2.28. The lowest BCUT2D eigenvalue weighted by Crippen LogP contribution is -2.32. The molecule has 0 radical (unpaired) electrons. The molecule has 4 nitrogen and oxygen atoms in total. The van der Waals surface area contributed by atoms with E-state index in [0.717, 1.165) is 12.1 Å². The Morgan fingerprint density at radius 2 is 1.74 bits per heavy atom. The van der Waals surface area contributed by atoms with E-state index >= 15 is 0 Å². The topological polar surface area (TPSA) is 52.6 Å². The number of hydrogen-bond donors (Lipinski definition) is 0. The summed E-state index contributed by atoms with van der Waals surface area (Å²) in [5, 5.41) is -0.468. The molecule has 0 aliphatic heterocycles. The molecule has 0 heterocycles. The summed E-state index contributed by atoms with van der Waals surface area (Å²) in [4.78, 5) is 24.8. The average Bonchev–Trinajstić information content (AvgIpc) is 2.59. The van der Waals surface area contributed by atoms with E-state index in [2.05, 4.69) is 0 Å². The van der Waals surface area contributed by atoms with Gasteiger partial charge in [0.1, 0.15) is 0 Å². The Morgan fingerprint density at radius 3 is 2.26 bits per heavy atom. The molecule has 0 saturated heterocycles. The Balaban J connectivity index is 2.76. The predicted octanol–water partition coefficient (Wildman–Crippen LogP) is 4.68. The molecule has 1 aliphatic carbocycles. The smallest absolute Gasteiger partial charge is 0.417 e. The van der Waals surface area contributed by atoms with Gasteiger partial charge in [0.05, 0.1) is 30.7 Å². The van der Waals surface area contributed by atoms with E-state index in [4.69, 9.17) is 21.1 Å². The molecule has 0 N–H and O–H groups in total. The zero-order valence-electron chi connectivity index (χ0n) is 15.1. The lowest BCUT2D eigenvalue weighted by Gasteiger charge is -2.32. The van der Waals surface area contributed by atoms with Gasteiger partial charge in [0.2, 0.25) is 0 Å². The van der Waals surface area contributed by atoms with Crippen molar-refractivity contribution in [2.45, 2.75) is 25.9 Å². The number of methoxy groups -OCH3 is 2. The molecular weight excluding hydrogens is 385 g/mol. The highest BCUT2D eigenvalue weighted by atomic mass is 35.5. The minimum Gasteiger partial charge on any atom is -0.469 e. The molecule has 27 heavy (non-hydrogen) atoms. The molecule has 2 atom stereocenters. The van der Waals surface area contributed by atoms with E-state index in [1.807, 2.05) is 0 Å². The largest absolute Gasteiger partial charge is 0.469 e. The molecule has 1 aliphatic rings. The average molecular weight is 403 g/mol. The van der Waals surface area contributed by atoms with Gasteiger partial charge in [-0.3, -0.25) is 4.79 Å². The first-order valence-corrected chi connectivity index (χ1v) is 8.32. The molecule has 0 fully saturated rings. The second-order valence-corrected chi connectivity index (χ2v) is 6.60. The zero-order valence-corrected chi connectivity index (χ0v) is 15.9. The van der Waals surface area contributed by atoms with Gasteiger partial charge >= 0.3 is 18.1 Å². The first-order chi connectivity index (χ1) is 12.5. The highest BCUT2D eigenvalue weighted by Gasteiger charge is 2.42. The van der Waals surface area contributed by atoms with Crippen molar-refractivity contribution in [3.63, 3.8) is 0 Å². The number of hydrogen-bond acceptors (Lipinski definition) is 4. The summed E-state index contributed by atoms with van der Waals surface area (Å²) in [7, 11) is 2.35. The highest BCUT2D eigenvalue weighted by Crippen LogP contribution is 2.45. The molecule has 0 bridgehead atoms. The summed E-state index contributed by atoms with van der Waals surface area (Å²) in [6, 6.07) is 3.33. The van der Waals surface area contributed by atoms with Gasteiger partial charge in [-0.25, -0.2) is 4.79 Å². The van der Waals surface area contributed by atoms with Gasteiger partial charge in [-0.1, -0.05) is 29.3 Å². The van der Waals surface area contributed by atoms with Crippen LogP contribution < -0.4 is 0 Å². The lowest BCUT2D eigenvalue weighted by molar-refractivity contribution is -0.145. The SMILES string of the molecule is COC(=O)C1=C(C)C=C(C)C(C(=O)OC)C1c1ccc(Cl)c(C(F)(F)F)c1. The van der Waals surface area contributed by atoms with E-state index in [1.54, 1.807) is 19.9 Å². The summed E-state index contributed by atoms with van der Waals surface area (Å²) in [6.45, 7) is 3.30. The number of esters is 2. The van der Waals surface area contributed by atoms with E-state index in [0.29, 0.717) is 11.1 Å². The Kier molecular flexibility index (Phi) is 6.04. The maximum absolute atomic E-state index is 13.3. The summed E-state index contributed by atoms with van der Waals surface area (Å²) in [5.41, 5.74) is 0.260. The normalized spacial score (nSPS) is 20.2. The zero-order chi connectivity index (χ0) is 20.5. The molecule has 0 saturated carbocycles. The molecule has 2 unspecified atom stereocenters. The predicted molar refractivity (Wildman–Crippen MR) is 93.2 cm³/mol. The van der Waals surface area contributed by atoms with Crippen molar-refractivity contribution in [1.29, 1.82) is 0 Å². The quantitative estimate of drug-likeness (QED) is 0.689. The van der Waals surface area contributed by atoms with Crippen LogP contribution in [0.3, 0.4) is 0 Å². The van der Waals surface area contributed by atoms with Crippen molar-refractivity contribution in [3.8, 4) is 0 Å². The summed E-state index contributed by atoms with van der Waals surface area (Å²) < 4.78 is 49.5. The number of carbonyl (C=O) groups excluding carboxylic acids is 2. The molecule has 146 valence electrons. The minimum absolute atomic E-state index is 0.106. The fraction of sp³-hybridized carbons (Fsp3) is 0.368. The van der Waals surface area contributed by atoms with Crippen molar-refractivity contribution in [2.75, 3.05) is 14.2 Å². The molecule has 0 spiro atoms. The third-order valence-electron chi connectivity index (χ3n) is 4.52. The maximum Gasteiger partial charge on any atom is 0.417 e. The lowest BCUT2D eigenvalue weighted by atomic mass is 9.71. The van der Waals surface area contributed by atoms with Gasteiger partial charge < -0.3 is 9.47 Å². The van der Waals surface area contributed by atoms with Crippen LogP contribution in [0.1, 0.15) is 30.9 Å². The van der Waals surface area contributed by atoms with E-state index in [9.17, 15) is 22.8 Å². The summed E-state index contributed by atoms with van der Waals surface area (Å²) in [6.07, 6.45) is -3.05. The Bertz CT molecular complexity index is 840. The third-order valence-corrected chi connectivity index (χ3v) is 4.85. The molecule has 1 aromatic carbocycles. The van der Waals surface area contributed by atoms with Gasteiger partial charge in [0, 0.05) is 11.5 Å². The third kappa shape index (κ3) is 4.03. The molecule has 2 rings (SSSR count). The first-order valence-electron chi connectivity index (χ1n) is 7.94. The van der Waals surface area contributed by atoms with Crippen LogP contribution in [0.4, 0.5) is 13.2 Å². The molecule has 0 amide bonds. The fourth-order valence-electron chi connectivity index (χ4n) is 3.34. The van der Waals surface area contributed by atoms with E-state index in [-0.39, 0.29) is 11.1 Å². The van der Waals surface area contributed by atoms with Crippen LogP contribution in [0.5, 0.6) is 0 Å². The van der Waals surface area contributed by atoms with Crippen molar-refractivity contribution >= 4 is 23.5 Å². The Labute approximate surface area is 159 Å². The van der Waals surface area contributed by atoms with Crippen molar-refractivity contribution < 1.29 is 32.2 Å². The number of alkyl halides is 3. The minimum atomic E-state index is -4.68. The number of ether oxygens (including phenoxy) is 2. The van der Waals surface area contributed by atoms with Gasteiger partial charge in [0.25, 0.3) is 0 Å². The van der Waals surface area contributed by atoms with E-state index in [1.165, 1.54) is 20.3 Å². The molecular formula is C19H18ClF3O4. The van der Waals surface area contributed by atoms with Gasteiger partial charge in [-0.15, -0.1) is 0 Å². The van der Waals surface area contributed by atoms with Crippen LogP contribution >= 0.6 is 11.6 Å². The molecule has 1 aromatic rings. The highest BCUT2D eigenvalue weighted by molar-refractivity contribution is 6.31. The second-order valence-electron chi connectivity index (χ2n) is 6.19. The monoisotopic (exact) mass is 402 g/mol. The Morgan fingerprint density at radius 1 is 1.11 bits per heavy atom. The maximum atomic E-state index is 13.3.